The third-order valence-electron chi connectivity index (χ3n) is 7.66. The van der Waals surface area contributed by atoms with Crippen LogP contribution < -0.4 is 14.8 Å². The summed E-state index contributed by atoms with van der Waals surface area (Å²) in [5, 5.41) is 22.9. The van der Waals surface area contributed by atoms with E-state index in [0.717, 1.165) is 74.5 Å². The normalized spacial score (nSPS) is 10.9. The number of carbonyl (C=O) groups is 2. The predicted molar refractivity (Wildman–Crippen MR) is 196 cm³/mol. The first-order valence-corrected chi connectivity index (χ1v) is 18.1. The summed E-state index contributed by atoms with van der Waals surface area (Å²) in [4.78, 5) is 25.5. The highest BCUT2D eigenvalue weighted by Crippen LogP contribution is 2.21. The number of hydrogen-bond acceptors (Lipinski definition) is 10. The standard InChI is InChI=1S/C39H37N5O4S2/c45-32(21-30-15-9-17-33(22-30)47-26-28-11-3-1-4-12-28)25-38-43-41-36(49-38)19-7-8-20-37-42-44-39(50-37)40-35(46)24-31-16-10-18-34(23-31)48-27-29-13-5-2-6-14-29/h1-6,9-18,22-23H,7-8,19-21,24-27H2,(H,40,44,46). The summed E-state index contributed by atoms with van der Waals surface area (Å²) in [7, 11) is 0. The number of benzene rings is 4. The molecule has 0 unspecified atom stereocenters. The number of ether oxygens (including phenoxy) is 2. The average Bonchev–Trinajstić information content (AvgIpc) is 3.78. The van der Waals surface area contributed by atoms with Crippen molar-refractivity contribution in [2.75, 3.05) is 5.32 Å². The Bertz CT molecular complexity index is 1840. The molecule has 0 aliphatic rings. The van der Waals surface area contributed by atoms with E-state index in [0.29, 0.717) is 24.8 Å². The molecule has 1 N–H and O–H groups in total. The summed E-state index contributed by atoms with van der Waals surface area (Å²) in [5.41, 5.74) is 3.95. The average molecular weight is 704 g/mol. The number of ketones is 1. The Labute approximate surface area is 299 Å². The molecule has 0 aliphatic carbocycles. The highest BCUT2D eigenvalue weighted by Gasteiger charge is 2.13. The second kappa shape index (κ2) is 17.9. The number of nitrogens with one attached hydrogen (secondary N) is 1. The Morgan fingerprint density at radius 3 is 1.68 bits per heavy atom. The second-order valence-corrected chi connectivity index (χ2v) is 14.0. The Morgan fingerprint density at radius 1 is 0.540 bits per heavy atom. The molecule has 0 radical (unpaired) electrons. The van der Waals surface area contributed by atoms with E-state index in [2.05, 4.69) is 25.7 Å². The van der Waals surface area contributed by atoms with Gasteiger partial charge in [0.25, 0.3) is 0 Å². The fraction of sp³-hybridized carbons (Fsp3) is 0.231. The highest BCUT2D eigenvalue weighted by molar-refractivity contribution is 7.15. The molecule has 1 amide bonds. The minimum absolute atomic E-state index is 0.0912. The number of aryl methyl sites for hydroxylation is 2. The number of aromatic nitrogens is 4. The molecule has 2 heterocycles. The van der Waals surface area contributed by atoms with Gasteiger partial charge in [-0.1, -0.05) is 96.3 Å². The zero-order valence-corrected chi connectivity index (χ0v) is 29.1. The molecule has 0 bridgehead atoms. The van der Waals surface area contributed by atoms with E-state index in [1.165, 1.54) is 22.7 Å². The summed E-state index contributed by atoms with van der Waals surface area (Å²) in [6.07, 6.45) is 4.13. The van der Waals surface area contributed by atoms with Crippen LogP contribution in [0.4, 0.5) is 5.13 Å². The van der Waals surface area contributed by atoms with E-state index in [4.69, 9.17) is 9.47 Å². The summed E-state index contributed by atoms with van der Waals surface area (Å²) in [5.74, 6) is 1.40. The van der Waals surface area contributed by atoms with Crippen molar-refractivity contribution in [3.63, 3.8) is 0 Å². The van der Waals surface area contributed by atoms with Gasteiger partial charge in [0.2, 0.25) is 11.0 Å². The van der Waals surface area contributed by atoms with E-state index in [1.807, 2.05) is 109 Å². The van der Waals surface area contributed by atoms with Crippen molar-refractivity contribution in [2.24, 2.45) is 0 Å². The maximum atomic E-state index is 12.8. The monoisotopic (exact) mass is 703 g/mol. The van der Waals surface area contributed by atoms with Crippen LogP contribution >= 0.6 is 22.7 Å². The molecule has 4 aromatic carbocycles. The lowest BCUT2D eigenvalue weighted by atomic mass is 10.1. The van der Waals surface area contributed by atoms with Gasteiger partial charge in [-0.05, 0) is 59.4 Å². The van der Waals surface area contributed by atoms with Gasteiger partial charge in [0.1, 0.15) is 45.5 Å². The van der Waals surface area contributed by atoms with Gasteiger partial charge in [0.05, 0.1) is 12.8 Å². The maximum Gasteiger partial charge on any atom is 0.230 e. The van der Waals surface area contributed by atoms with Gasteiger partial charge in [-0.3, -0.25) is 9.59 Å². The van der Waals surface area contributed by atoms with Crippen LogP contribution in [0.2, 0.25) is 0 Å². The second-order valence-electron chi connectivity index (χ2n) is 11.8. The first kappa shape index (κ1) is 34.6. The number of rotatable bonds is 18. The SMILES string of the molecule is O=C(Cc1cccc(OCc2ccccc2)c1)Cc1nnc(CCCCc2nnc(NC(=O)Cc3cccc(OCc4ccccc4)c3)s2)s1. The Morgan fingerprint density at radius 2 is 1.06 bits per heavy atom. The molecule has 6 aromatic rings. The third-order valence-corrected chi connectivity index (χ3v) is 9.54. The molecular formula is C39H37N5O4S2. The smallest absolute Gasteiger partial charge is 0.230 e. The van der Waals surface area contributed by atoms with Crippen LogP contribution in [0.3, 0.4) is 0 Å². The summed E-state index contributed by atoms with van der Waals surface area (Å²) in [6.45, 7) is 0.950. The molecule has 50 heavy (non-hydrogen) atoms. The molecule has 0 aliphatic heterocycles. The number of carbonyl (C=O) groups excluding carboxylic acids is 2. The number of Topliss-reactive ketones (excluding diaryl/α,β-unsaturated/α-hetero) is 1. The van der Waals surface area contributed by atoms with Gasteiger partial charge in [-0.25, -0.2) is 0 Å². The molecule has 254 valence electrons. The van der Waals surface area contributed by atoms with Crippen molar-refractivity contribution in [3.8, 4) is 11.5 Å². The topological polar surface area (TPSA) is 116 Å². The molecule has 6 rings (SSSR count). The quantitative estimate of drug-likeness (QED) is 0.0908. The van der Waals surface area contributed by atoms with Crippen molar-refractivity contribution in [3.05, 3.63) is 146 Å². The van der Waals surface area contributed by atoms with E-state index >= 15 is 0 Å². The lowest BCUT2D eigenvalue weighted by Gasteiger charge is -2.08. The maximum absolute atomic E-state index is 12.8. The largest absolute Gasteiger partial charge is 0.489 e. The van der Waals surface area contributed by atoms with Crippen LogP contribution in [0.1, 0.15) is 50.1 Å². The molecule has 0 fully saturated rings. The lowest BCUT2D eigenvalue weighted by molar-refractivity contribution is -0.118. The first-order valence-electron chi connectivity index (χ1n) is 16.5. The minimum atomic E-state index is -0.153. The fourth-order valence-corrected chi connectivity index (χ4v) is 6.91. The van der Waals surface area contributed by atoms with Crippen LogP contribution in [-0.2, 0) is 54.9 Å². The van der Waals surface area contributed by atoms with Gasteiger partial charge in [0, 0.05) is 19.3 Å². The van der Waals surface area contributed by atoms with Crippen LogP contribution in [0.15, 0.2) is 109 Å². The number of unbranched alkanes of at least 4 members (excludes halogenated alkanes) is 1. The highest BCUT2D eigenvalue weighted by atomic mass is 32.1. The van der Waals surface area contributed by atoms with Crippen molar-refractivity contribution < 1.29 is 19.1 Å². The van der Waals surface area contributed by atoms with Crippen molar-refractivity contribution in [1.29, 1.82) is 0 Å². The van der Waals surface area contributed by atoms with Crippen molar-refractivity contribution in [2.45, 2.75) is 58.2 Å². The molecule has 9 nitrogen and oxygen atoms in total. The fourth-order valence-electron chi connectivity index (χ4n) is 5.20. The lowest BCUT2D eigenvalue weighted by Crippen LogP contribution is -2.14. The Kier molecular flexibility index (Phi) is 12.4. The van der Waals surface area contributed by atoms with E-state index in [-0.39, 0.29) is 24.5 Å². The number of nitrogens with zero attached hydrogens (tertiary/aromatic N) is 4. The zero-order valence-electron chi connectivity index (χ0n) is 27.5. The summed E-state index contributed by atoms with van der Waals surface area (Å²) < 4.78 is 11.8. The van der Waals surface area contributed by atoms with Gasteiger partial charge in [0.15, 0.2) is 0 Å². The van der Waals surface area contributed by atoms with Crippen LogP contribution in [-0.4, -0.2) is 32.1 Å². The number of anilines is 1. The first-order chi connectivity index (χ1) is 24.5. The van der Waals surface area contributed by atoms with Crippen LogP contribution in [0.5, 0.6) is 11.5 Å². The molecule has 11 heteroatoms. The Hall–Kier alpha value is -5.26. The number of hydrogen-bond donors (Lipinski definition) is 1. The van der Waals surface area contributed by atoms with Crippen molar-refractivity contribution >= 4 is 39.5 Å². The summed E-state index contributed by atoms with van der Waals surface area (Å²) in [6, 6.07) is 35.2. The van der Waals surface area contributed by atoms with Gasteiger partial charge in [-0.2, -0.15) is 0 Å². The molecule has 0 atom stereocenters. The number of amides is 1. The molecule has 0 saturated carbocycles. The van der Waals surface area contributed by atoms with E-state index in [9.17, 15) is 9.59 Å². The van der Waals surface area contributed by atoms with E-state index in [1.54, 1.807) is 0 Å². The predicted octanol–water partition coefficient (Wildman–Crippen LogP) is 7.65. The van der Waals surface area contributed by atoms with Gasteiger partial charge < -0.3 is 14.8 Å². The molecule has 2 aromatic heterocycles. The molecule has 0 saturated heterocycles. The zero-order chi connectivity index (χ0) is 34.4. The van der Waals surface area contributed by atoms with Gasteiger partial charge >= 0.3 is 0 Å². The van der Waals surface area contributed by atoms with E-state index < -0.39 is 0 Å². The Balaban J connectivity index is 0.876. The van der Waals surface area contributed by atoms with Crippen LogP contribution in [0, 0.1) is 0 Å². The third kappa shape index (κ3) is 11.1. The molecule has 0 spiro atoms. The van der Waals surface area contributed by atoms with Gasteiger partial charge in [-0.15, -0.1) is 31.7 Å². The molecular weight excluding hydrogens is 667 g/mol. The minimum Gasteiger partial charge on any atom is -0.489 e. The van der Waals surface area contributed by atoms with Crippen molar-refractivity contribution in [1.82, 2.24) is 20.4 Å². The van der Waals surface area contributed by atoms with Crippen LogP contribution in [0.25, 0.3) is 0 Å². The summed E-state index contributed by atoms with van der Waals surface area (Å²) >= 11 is 2.88.